The van der Waals surface area contributed by atoms with Gasteiger partial charge in [0.2, 0.25) is 0 Å². The number of fused-ring (bicyclic) bond motifs is 1. The van der Waals surface area contributed by atoms with E-state index >= 15 is 0 Å². The fraction of sp³-hybridized carbons (Fsp3) is 0.333. The average molecular weight is 549 g/mol. The smallest absolute Gasteiger partial charge is 0.338 e. The van der Waals surface area contributed by atoms with Crippen molar-refractivity contribution in [3.05, 3.63) is 118 Å². The number of nitrogens with one attached hydrogen (secondary N) is 1. The van der Waals surface area contributed by atoms with Crippen molar-refractivity contribution in [1.29, 1.82) is 0 Å². The van der Waals surface area contributed by atoms with Gasteiger partial charge in [-0.25, -0.2) is 4.79 Å². The number of benzene rings is 3. The Morgan fingerprint density at radius 2 is 1.68 bits per heavy atom. The van der Waals surface area contributed by atoms with Crippen molar-refractivity contribution in [3.8, 4) is 0 Å². The van der Waals surface area contributed by atoms with Gasteiger partial charge in [0.25, 0.3) is 5.91 Å². The zero-order valence-corrected chi connectivity index (χ0v) is 24.6. The Kier molecular flexibility index (Phi) is 8.44. The minimum atomic E-state index is -0.528. The molecule has 0 unspecified atom stereocenters. The number of carbonyl (C=O) groups excluding carboxylic acids is 2. The number of ether oxygens (including phenoxy) is 1. The van der Waals surface area contributed by atoms with Gasteiger partial charge in [-0.15, -0.1) is 0 Å². The van der Waals surface area contributed by atoms with Gasteiger partial charge in [0, 0.05) is 24.3 Å². The maximum absolute atomic E-state index is 13.0. The lowest BCUT2D eigenvalue weighted by Gasteiger charge is -2.32. The van der Waals surface area contributed by atoms with Gasteiger partial charge in [-0.2, -0.15) is 0 Å². The molecule has 0 spiro atoms. The Labute approximate surface area is 243 Å². The Hall–Kier alpha value is -4.12. The second-order valence-electron chi connectivity index (χ2n) is 12.0. The first-order chi connectivity index (χ1) is 19.7. The number of anilines is 1. The molecule has 212 valence electrons. The molecule has 0 fully saturated rings. The van der Waals surface area contributed by atoms with Crippen LogP contribution < -0.4 is 10.2 Å². The molecule has 5 nitrogen and oxygen atoms in total. The number of rotatable bonds is 7. The van der Waals surface area contributed by atoms with Gasteiger partial charge in [-0.05, 0) is 99.4 Å². The first kappa shape index (κ1) is 28.4. The van der Waals surface area contributed by atoms with Crippen LogP contribution in [0, 0.1) is 0 Å². The van der Waals surface area contributed by atoms with Crippen molar-refractivity contribution in [2.24, 2.45) is 0 Å². The molecule has 0 aromatic heterocycles. The highest BCUT2D eigenvalue weighted by Gasteiger charge is 2.25. The van der Waals surface area contributed by atoms with Crippen molar-refractivity contribution in [2.45, 2.75) is 71.6 Å². The van der Waals surface area contributed by atoms with Crippen molar-refractivity contribution in [2.75, 3.05) is 11.4 Å². The van der Waals surface area contributed by atoms with Crippen LogP contribution in [0.25, 0.3) is 5.57 Å². The molecule has 0 bridgehead atoms. The van der Waals surface area contributed by atoms with Crippen LogP contribution in [-0.2, 0) is 22.5 Å². The van der Waals surface area contributed by atoms with Crippen molar-refractivity contribution < 1.29 is 14.3 Å². The standard InChI is InChI=1S/C36H40N2O3/c1-25(27-11-6-5-7-12-27)37-34(39)30-20-21-33-29(23-30)13-10-22-38(33)24-26-16-18-28(19-17-26)31-14-8-9-15-32(31)35(40)41-36(2,3)4/h5-7,11-12,14-21,23,25H,8-10,13,22,24H2,1-4H3,(H,37,39)/t25-/m0/s1. The summed E-state index contributed by atoms with van der Waals surface area (Å²) in [5, 5.41) is 3.13. The van der Waals surface area contributed by atoms with E-state index in [2.05, 4.69) is 52.7 Å². The van der Waals surface area contributed by atoms with Crippen LogP contribution in [0.2, 0.25) is 0 Å². The lowest BCUT2D eigenvalue weighted by molar-refractivity contribution is -0.149. The van der Waals surface area contributed by atoms with Crippen LogP contribution in [0.1, 0.15) is 85.6 Å². The Balaban J connectivity index is 1.26. The zero-order chi connectivity index (χ0) is 29.0. The molecule has 1 atom stereocenters. The molecule has 0 radical (unpaired) electrons. The van der Waals surface area contributed by atoms with Gasteiger partial charge in [-0.3, -0.25) is 4.79 Å². The number of allylic oxidation sites excluding steroid dienone is 2. The number of amides is 1. The van der Waals surface area contributed by atoms with Crippen molar-refractivity contribution >= 4 is 23.1 Å². The van der Waals surface area contributed by atoms with Crippen molar-refractivity contribution in [3.63, 3.8) is 0 Å². The van der Waals surface area contributed by atoms with Gasteiger partial charge in [0.1, 0.15) is 5.60 Å². The SMILES string of the molecule is C[C@H](NC(=O)c1ccc2c(c1)CCCN2Cc1ccc(C2=CCCC=C2C(=O)OC(C)(C)C)cc1)c1ccccc1. The first-order valence-electron chi connectivity index (χ1n) is 14.6. The molecular formula is C36H40N2O3. The summed E-state index contributed by atoms with van der Waals surface area (Å²) in [5.74, 6) is -0.311. The van der Waals surface area contributed by atoms with E-state index in [0.29, 0.717) is 11.1 Å². The fourth-order valence-electron chi connectivity index (χ4n) is 5.57. The van der Waals surface area contributed by atoms with E-state index in [1.165, 1.54) is 16.8 Å². The van der Waals surface area contributed by atoms with Gasteiger partial charge in [-0.1, -0.05) is 66.7 Å². The van der Waals surface area contributed by atoms with E-state index in [-0.39, 0.29) is 17.9 Å². The molecule has 1 aliphatic carbocycles. The van der Waals surface area contributed by atoms with E-state index in [0.717, 1.165) is 55.5 Å². The van der Waals surface area contributed by atoms with E-state index < -0.39 is 5.60 Å². The highest BCUT2D eigenvalue weighted by Crippen LogP contribution is 2.32. The van der Waals surface area contributed by atoms with Crippen molar-refractivity contribution in [1.82, 2.24) is 5.32 Å². The number of hydrogen-bond donors (Lipinski definition) is 1. The number of esters is 1. The number of carbonyl (C=O) groups is 2. The second kappa shape index (κ2) is 12.2. The monoisotopic (exact) mass is 548 g/mol. The van der Waals surface area contributed by atoms with Crippen LogP contribution >= 0.6 is 0 Å². The fourth-order valence-corrected chi connectivity index (χ4v) is 5.57. The molecule has 1 amide bonds. The molecule has 1 N–H and O–H groups in total. The average Bonchev–Trinajstić information content (AvgIpc) is 2.97. The lowest BCUT2D eigenvalue weighted by atomic mass is 9.91. The maximum Gasteiger partial charge on any atom is 0.338 e. The second-order valence-corrected chi connectivity index (χ2v) is 12.0. The van der Waals surface area contributed by atoms with Crippen LogP contribution in [0.3, 0.4) is 0 Å². The highest BCUT2D eigenvalue weighted by molar-refractivity contribution is 6.06. The quantitative estimate of drug-likeness (QED) is 0.309. The zero-order valence-electron chi connectivity index (χ0n) is 24.6. The molecular weight excluding hydrogens is 508 g/mol. The molecule has 3 aromatic carbocycles. The van der Waals surface area contributed by atoms with E-state index in [4.69, 9.17) is 4.74 Å². The number of nitrogens with zero attached hydrogens (tertiary/aromatic N) is 1. The minimum Gasteiger partial charge on any atom is -0.456 e. The Morgan fingerprint density at radius 3 is 2.41 bits per heavy atom. The molecule has 0 saturated carbocycles. The number of hydrogen-bond acceptors (Lipinski definition) is 4. The van der Waals surface area contributed by atoms with Crippen LogP contribution in [0.5, 0.6) is 0 Å². The summed E-state index contributed by atoms with van der Waals surface area (Å²) in [6.07, 6.45) is 7.92. The summed E-state index contributed by atoms with van der Waals surface area (Å²) in [4.78, 5) is 28.3. The lowest BCUT2D eigenvalue weighted by Crippen LogP contribution is -2.30. The van der Waals surface area contributed by atoms with Crippen LogP contribution in [-0.4, -0.2) is 24.0 Å². The molecule has 5 rings (SSSR count). The molecule has 1 heterocycles. The summed E-state index contributed by atoms with van der Waals surface area (Å²) in [5.41, 5.74) is 7.52. The topological polar surface area (TPSA) is 58.6 Å². The van der Waals surface area contributed by atoms with E-state index in [1.54, 1.807) is 0 Å². The van der Waals surface area contributed by atoms with Gasteiger partial charge in [0.15, 0.2) is 0 Å². The van der Waals surface area contributed by atoms with E-state index in [1.807, 2.05) is 70.2 Å². The predicted octanol–water partition coefficient (Wildman–Crippen LogP) is 7.58. The minimum absolute atomic E-state index is 0.0475. The molecule has 1 aliphatic heterocycles. The Bertz CT molecular complexity index is 1460. The molecule has 3 aromatic rings. The first-order valence-corrected chi connectivity index (χ1v) is 14.6. The van der Waals surface area contributed by atoms with E-state index in [9.17, 15) is 9.59 Å². The molecule has 5 heteroatoms. The summed E-state index contributed by atoms with van der Waals surface area (Å²) < 4.78 is 5.67. The summed E-state index contributed by atoms with van der Waals surface area (Å²) in [6.45, 7) is 9.46. The summed E-state index contributed by atoms with van der Waals surface area (Å²) in [7, 11) is 0. The Morgan fingerprint density at radius 1 is 0.951 bits per heavy atom. The summed E-state index contributed by atoms with van der Waals surface area (Å²) >= 11 is 0. The van der Waals surface area contributed by atoms with Gasteiger partial charge in [0.05, 0.1) is 11.6 Å². The third-order valence-electron chi connectivity index (χ3n) is 7.61. The van der Waals surface area contributed by atoms with Crippen LogP contribution in [0.15, 0.2) is 90.5 Å². The highest BCUT2D eigenvalue weighted by atomic mass is 16.6. The predicted molar refractivity (Wildman–Crippen MR) is 166 cm³/mol. The molecule has 0 saturated heterocycles. The third kappa shape index (κ3) is 6.97. The third-order valence-corrected chi connectivity index (χ3v) is 7.61. The largest absolute Gasteiger partial charge is 0.456 e. The van der Waals surface area contributed by atoms with Gasteiger partial charge >= 0.3 is 5.97 Å². The summed E-state index contributed by atoms with van der Waals surface area (Å²) in [6, 6.07) is 24.6. The molecule has 41 heavy (non-hydrogen) atoms. The number of aryl methyl sites for hydroxylation is 1. The van der Waals surface area contributed by atoms with Crippen LogP contribution in [0.4, 0.5) is 5.69 Å². The maximum atomic E-state index is 13.0. The normalized spacial score (nSPS) is 15.8. The van der Waals surface area contributed by atoms with Gasteiger partial charge < -0.3 is 15.0 Å². The molecule has 2 aliphatic rings.